The Morgan fingerprint density at radius 1 is 1.28 bits per heavy atom. The zero-order valence-electron chi connectivity index (χ0n) is 11.7. The lowest BCUT2D eigenvalue weighted by molar-refractivity contribution is 0.324. The molecule has 0 spiro atoms. The number of aryl methyl sites for hydroxylation is 1. The summed E-state index contributed by atoms with van der Waals surface area (Å²) in [5.41, 5.74) is 9.16. The van der Waals surface area contributed by atoms with Gasteiger partial charge in [-0.3, -0.25) is 4.68 Å². The summed E-state index contributed by atoms with van der Waals surface area (Å²) in [6.07, 6.45) is 7.65. The molecule has 2 rings (SSSR count). The molecule has 18 heavy (non-hydrogen) atoms. The van der Waals surface area contributed by atoms with Crippen LogP contribution < -0.4 is 11.1 Å². The maximum atomic E-state index is 5.53. The highest BCUT2D eigenvalue weighted by molar-refractivity contribution is 5.52. The Labute approximate surface area is 110 Å². The van der Waals surface area contributed by atoms with Gasteiger partial charge in [0, 0.05) is 6.54 Å². The minimum Gasteiger partial charge on any atom is -0.382 e. The molecule has 0 aromatic carbocycles. The minimum atomic E-state index is 0.613. The Hall–Kier alpha value is -1.03. The summed E-state index contributed by atoms with van der Waals surface area (Å²) in [5.74, 6) is 0. The van der Waals surface area contributed by atoms with E-state index < -0.39 is 0 Å². The number of nitrogens with one attached hydrogen (secondary N) is 1. The lowest BCUT2D eigenvalue weighted by atomic mass is 9.95. The third-order valence-corrected chi connectivity index (χ3v) is 3.93. The van der Waals surface area contributed by atoms with Gasteiger partial charge < -0.3 is 11.1 Å². The molecule has 1 heterocycles. The van der Waals surface area contributed by atoms with Gasteiger partial charge in [-0.05, 0) is 39.7 Å². The molecule has 0 atom stereocenters. The van der Waals surface area contributed by atoms with E-state index >= 15 is 0 Å². The predicted octanol–water partition coefficient (Wildman–Crippen LogP) is 2.77. The van der Waals surface area contributed by atoms with Gasteiger partial charge in [0.2, 0.25) is 0 Å². The van der Waals surface area contributed by atoms with E-state index in [1.807, 2.05) is 0 Å². The van der Waals surface area contributed by atoms with Crippen LogP contribution in [0, 0.1) is 13.8 Å². The number of nitrogens with zero attached hydrogens (tertiary/aromatic N) is 2. The van der Waals surface area contributed by atoms with Gasteiger partial charge in [-0.15, -0.1) is 0 Å². The van der Waals surface area contributed by atoms with Crippen LogP contribution >= 0.6 is 0 Å². The third kappa shape index (κ3) is 2.86. The summed E-state index contributed by atoms with van der Waals surface area (Å²) < 4.78 is 2.25. The molecule has 0 amide bonds. The molecule has 1 aromatic rings. The second kappa shape index (κ2) is 6.23. The number of hydrogen-bond donors (Lipinski definition) is 2. The zero-order chi connectivity index (χ0) is 13.0. The summed E-state index contributed by atoms with van der Waals surface area (Å²) in [6.45, 7) is 5.95. The molecule has 4 heteroatoms. The Bertz CT molecular complexity index is 377. The second-order valence-electron chi connectivity index (χ2n) is 5.35. The average Bonchev–Trinajstić information content (AvgIpc) is 2.68. The quantitative estimate of drug-likeness (QED) is 0.790. The number of hydrogen-bond acceptors (Lipinski definition) is 3. The summed E-state index contributed by atoms with van der Waals surface area (Å²) in [5, 5.41) is 8.21. The maximum Gasteiger partial charge on any atom is 0.0828 e. The van der Waals surface area contributed by atoms with E-state index in [1.54, 1.807) is 0 Å². The Morgan fingerprint density at radius 3 is 2.67 bits per heavy atom. The van der Waals surface area contributed by atoms with Crippen molar-refractivity contribution in [2.45, 2.75) is 58.4 Å². The average molecular weight is 250 g/mol. The van der Waals surface area contributed by atoms with Crippen molar-refractivity contribution in [2.75, 3.05) is 18.4 Å². The molecule has 1 aliphatic carbocycles. The first kappa shape index (κ1) is 13.4. The zero-order valence-corrected chi connectivity index (χ0v) is 11.7. The van der Waals surface area contributed by atoms with Crippen LogP contribution in [0.4, 0.5) is 5.69 Å². The van der Waals surface area contributed by atoms with E-state index in [0.717, 1.165) is 25.2 Å². The van der Waals surface area contributed by atoms with E-state index in [1.165, 1.54) is 43.5 Å². The summed E-state index contributed by atoms with van der Waals surface area (Å²) in [7, 11) is 0. The van der Waals surface area contributed by atoms with Crippen molar-refractivity contribution in [1.29, 1.82) is 0 Å². The maximum absolute atomic E-state index is 5.53. The van der Waals surface area contributed by atoms with Gasteiger partial charge in [-0.25, -0.2) is 0 Å². The fraction of sp³-hybridized carbons (Fsp3) is 0.786. The summed E-state index contributed by atoms with van der Waals surface area (Å²) >= 11 is 0. The molecule has 1 fully saturated rings. The predicted molar refractivity (Wildman–Crippen MR) is 76.0 cm³/mol. The highest BCUT2D eigenvalue weighted by Gasteiger charge is 2.20. The van der Waals surface area contributed by atoms with Crippen molar-refractivity contribution < 1.29 is 0 Å². The van der Waals surface area contributed by atoms with E-state index in [9.17, 15) is 0 Å². The summed E-state index contributed by atoms with van der Waals surface area (Å²) in [4.78, 5) is 0. The molecule has 0 radical (unpaired) electrons. The van der Waals surface area contributed by atoms with Crippen LogP contribution in [0.1, 0.15) is 56.0 Å². The molecule has 4 nitrogen and oxygen atoms in total. The van der Waals surface area contributed by atoms with Gasteiger partial charge in [0.15, 0.2) is 0 Å². The largest absolute Gasteiger partial charge is 0.382 e. The highest BCUT2D eigenvalue weighted by Crippen LogP contribution is 2.31. The molecule has 1 aromatic heterocycles. The first-order valence-electron chi connectivity index (χ1n) is 7.23. The van der Waals surface area contributed by atoms with Gasteiger partial charge in [0.25, 0.3) is 0 Å². The van der Waals surface area contributed by atoms with Crippen LogP contribution in [0.25, 0.3) is 0 Å². The lowest BCUT2D eigenvalue weighted by Crippen LogP contribution is -2.16. The molecule has 102 valence electrons. The van der Waals surface area contributed by atoms with Crippen LogP contribution in [-0.2, 0) is 0 Å². The Kier molecular flexibility index (Phi) is 4.64. The highest BCUT2D eigenvalue weighted by atomic mass is 15.3. The van der Waals surface area contributed by atoms with Crippen LogP contribution in [-0.4, -0.2) is 22.9 Å². The number of rotatable bonds is 5. The Morgan fingerprint density at radius 2 is 2.00 bits per heavy atom. The van der Waals surface area contributed by atoms with Gasteiger partial charge in [-0.2, -0.15) is 5.10 Å². The van der Waals surface area contributed by atoms with Gasteiger partial charge in [0.05, 0.1) is 23.1 Å². The molecule has 1 saturated carbocycles. The smallest absolute Gasteiger partial charge is 0.0828 e. The molecular weight excluding hydrogens is 224 g/mol. The van der Waals surface area contributed by atoms with Crippen molar-refractivity contribution in [3.05, 3.63) is 11.4 Å². The van der Waals surface area contributed by atoms with Crippen LogP contribution in [0.15, 0.2) is 0 Å². The minimum absolute atomic E-state index is 0.613. The van der Waals surface area contributed by atoms with Crippen LogP contribution in [0.3, 0.4) is 0 Å². The molecule has 0 bridgehead atoms. The monoisotopic (exact) mass is 250 g/mol. The van der Waals surface area contributed by atoms with Crippen molar-refractivity contribution in [3.8, 4) is 0 Å². The van der Waals surface area contributed by atoms with E-state index in [-0.39, 0.29) is 0 Å². The topological polar surface area (TPSA) is 55.9 Å². The molecular formula is C14H26N4. The fourth-order valence-corrected chi connectivity index (χ4v) is 2.92. The van der Waals surface area contributed by atoms with Gasteiger partial charge in [0.1, 0.15) is 0 Å². The molecule has 1 aliphatic rings. The third-order valence-electron chi connectivity index (χ3n) is 3.93. The van der Waals surface area contributed by atoms with Gasteiger partial charge in [-0.1, -0.05) is 19.3 Å². The first-order chi connectivity index (χ1) is 8.74. The first-order valence-corrected chi connectivity index (χ1v) is 7.23. The lowest BCUT2D eigenvalue weighted by Gasteiger charge is -2.23. The van der Waals surface area contributed by atoms with Crippen LogP contribution in [0.2, 0.25) is 0 Å². The molecule has 3 N–H and O–H groups in total. The SMILES string of the molecule is Cc1nn(C2CCCCC2)c(C)c1NCCCN. The fourth-order valence-electron chi connectivity index (χ4n) is 2.92. The van der Waals surface area contributed by atoms with Crippen molar-refractivity contribution in [3.63, 3.8) is 0 Å². The standard InChI is InChI=1S/C14H26N4/c1-11-14(16-10-6-9-15)12(2)18(17-11)13-7-4-3-5-8-13/h13,16H,3-10,15H2,1-2H3. The van der Waals surface area contributed by atoms with E-state index in [2.05, 4.69) is 23.8 Å². The molecule has 0 saturated heterocycles. The summed E-state index contributed by atoms with van der Waals surface area (Å²) in [6, 6.07) is 0.613. The van der Waals surface area contributed by atoms with Crippen molar-refractivity contribution >= 4 is 5.69 Å². The van der Waals surface area contributed by atoms with E-state index in [4.69, 9.17) is 10.8 Å². The number of anilines is 1. The molecule has 0 unspecified atom stereocenters. The second-order valence-corrected chi connectivity index (χ2v) is 5.35. The van der Waals surface area contributed by atoms with Crippen molar-refractivity contribution in [1.82, 2.24) is 9.78 Å². The number of nitrogens with two attached hydrogens (primary N) is 1. The van der Waals surface area contributed by atoms with Crippen molar-refractivity contribution in [2.24, 2.45) is 5.73 Å². The molecule has 0 aliphatic heterocycles. The van der Waals surface area contributed by atoms with Crippen LogP contribution in [0.5, 0.6) is 0 Å². The Balaban J connectivity index is 2.09. The number of aromatic nitrogens is 2. The van der Waals surface area contributed by atoms with Gasteiger partial charge >= 0.3 is 0 Å². The normalized spacial score (nSPS) is 17.1. The van der Waals surface area contributed by atoms with E-state index in [0.29, 0.717) is 6.04 Å².